The van der Waals surface area contributed by atoms with Crippen molar-refractivity contribution < 1.29 is 20.1 Å². The molecular weight excluding hydrogens is 352 g/mol. The standard InChI is InChI=1S/C24H22O4/c1-4-5-20(23(27)12-8-18-6-10-21(25)16(2)14-18)24(28)13-9-19-7-11-22(26)17(3)15-19/h1,6-15,25-27H,5H2,2-3H3/b12-8+,13-9+,23-20-. The van der Waals surface area contributed by atoms with Crippen LogP contribution in [0, 0.1) is 26.2 Å². The summed E-state index contributed by atoms with van der Waals surface area (Å²) in [6.45, 7) is 3.53. The fourth-order valence-corrected chi connectivity index (χ4v) is 2.52. The second kappa shape index (κ2) is 9.29. The predicted molar refractivity (Wildman–Crippen MR) is 112 cm³/mol. The lowest BCUT2D eigenvalue weighted by atomic mass is 10.0. The van der Waals surface area contributed by atoms with Gasteiger partial charge in [-0.2, -0.15) is 0 Å². The third kappa shape index (κ3) is 5.39. The zero-order valence-electron chi connectivity index (χ0n) is 15.8. The fraction of sp³-hybridized carbons (Fsp3) is 0.125. The molecular formula is C24H22O4. The van der Waals surface area contributed by atoms with Gasteiger partial charge in [-0.1, -0.05) is 24.3 Å². The van der Waals surface area contributed by atoms with Gasteiger partial charge in [-0.25, -0.2) is 0 Å². The molecule has 3 N–H and O–H groups in total. The lowest BCUT2D eigenvalue weighted by Gasteiger charge is -2.03. The molecule has 0 saturated carbocycles. The average molecular weight is 374 g/mol. The summed E-state index contributed by atoms with van der Waals surface area (Å²) in [4.78, 5) is 12.5. The number of carbonyl (C=O) groups is 1. The third-order valence-electron chi connectivity index (χ3n) is 4.19. The van der Waals surface area contributed by atoms with Gasteiger partial charge in [0.25, 0.3) is 0 Å². The van der Waals surface area contributed by atoms with Crippen molar-refractivity contribution in [3.63, 3.8) is 0 Å². The number of benzene rings is 2. The highest BCUT2D eigenvalue weighted by Crippen LogP contribution is 2.20. The largest absolute Gasteiger partial charge is 0.508 e. The number of hydrogen-bond acceptors (Lipinski definition) is 4. The highest BCUT2D eigenvalue weighted by molar-refractivity contribution is 6.07. The number of aryl methyl sites for hydroxylation is 2. The molecule has 0 aliphatic rings. The van der Waals surface area contributed by atoms with E-state index in [0.717, 1.165) is 11.1 Å². The first-order valence-electron chi connectivity index (χ1n) is 8.67. The molecule has 0 aliphatic heterocycles. The summed E-state index contributed by atoms with van der Waals surface area (Å²) in [6, 6.07) is 10.0. The van der Waals surface area contributed by atoms with Crippen LogP contribution in [0.15, 0.2) is 59.9 Å². The molecule has 0 bridgehead atoms. The van der Waals surface area contributed by atoms with Gasteiger partial charge in [0.05, 0.1) is 5.57 Å². The third-order valence-corrected chi connectivity index (χ3v) is 4.19. The van der Waals surface area contributed by atoms with Crippen LogP contribution >= 0.6 is 0 Å². The van der Waals surface area contributed by atoms with Crippen LogP contribution in [0.4, 0.5) is 0 Å². The Kier molecular flexibility index (Phi) is 6.84. The maximum absolute atomic E-state index is 12.5. The normalized spacial score (nSPS) is 12.2. The smallest absolute Gasteiger partial charge is 0.186 e. The van der Waals surface area contributed by atoms with Crippen LogP contribution in [0.2, 0.25) is 0 Å². The van der Waals surface area contributed by atoms with Crippen LogP contribution in [0.3, 0.4) is 0 Å². The highest BCUT2D eigenvalue weighted by atomic mass is 16.3. The second-order valence-corrected chi connectivity index (χ2v) is 6.37. The molecule has 142 valence electrons. The van der Waals surface area contributed by atoms with E-state index in [1.807, 2.05) is 0 Å². The maximum atomic E-state index is 12.5. The summed E-state index contributed by atoms with van der Waals surface area (Å²) >= 11 is 0. The van der Waals surface area contributed by atoms with Crippen LogP contribution in [0.5, 0.6) is 11.5 Å². The van der Waals surface area contributed by atoms with E-state index in [1.54, 1.807) is 62.4 Å². The summed E-state index contributed by atoms with van der Waals surface area (Å²) in [6.07, 6.45) is 11.3. The first kappa shape index (κ1) is 20.6. The number of aliphatic hydroxyl groups is 1. The number of aromatic hydroxyl groups is 2. The average Bonchev–Trinajstić information content (AvgIpc) is 2.67. The number of allylic oxidation sites excluding steroid dienone is 3. The van der Waals surface area contributed by atoms with E-state index in [2.05, 4.69) is 5.92 Å². The lowest BCUT2D eigenvalue weighted by Crippen LogP contribution is -2.02. The van der Waals surface area contributed by atoms with Gasteiger partial charge >= 0.3 is 0 Å². The molecule has 2 rings (SSSR count). The molecule has 0 saturated heterocycles. The number of hydrogen-bond donors (Lipinski definition) is 3. The monoisotopic (exact) mass is 374 g/mol. The van der Waals surface area contributed by atoms with E-state index in [4.69, 9.17) is 6.42 Å². The van der Waals surface area contributed by atoms with Gasteiger partial charge in [0.15, 0.2) is 5.78 Å². The molecule has 0 fully saturated rings. The van der Waals surface area contributed by atoms with E-state index in [0.29, 0.717) is 11.1 Å². The van der Waals surface area contributed by atoms with Crippen molar-refractivity contribution in [2.24, 2.45) is 0 Å². The number of terminal acetylenes is 1. The first-order valence-corrected chi connectivity index (χ1v) is 8.67. The van der Waals surface area contributed by atoms with Gasteiger partial charge in [0, 0.05) is 6.42 Å². The summed E-state index contributed by atoms with van der Waals surface area (Å²) in [7, 11) is 0. The van der Waals surface area contributed by atoms with Gasteiger partial charge in [-0.15, -0.1) is 12.3 Å². The quantitative estimate of drug-likeness (QED) is 0.292. The van der Waals surface area contributed by atoms with E-state index in [-0.39, 0.29) is 29.3 Å². The van der Waals surface area contributed by atoms with Gasteiger partial charge in [0.2, 0.25) is 0 Å². The predicted octanol–water partition coefficient (Wildman–Crippen LogP) is 4.85. The molecule has 28 heavy (non-hydrogen) atoms. The topological polar surface area (TPSA) is 77.8 Å². The SMILES string of the molecule is C#CC/C(C(=O)/C=C/c1ccc(O)c(C)c1)=C(O)\C=C\c1ccc(O)c(C)c1. The van der Waals surface area contributed by atoms with E-state index >= 15 is 0 Å². The van der Waals surface area contributed by atoms with Crippen molar-refractivity contribution in [2.45, 2.75) is 20.3 Å². The molecule has 2 aromatic rings. The van der Waals surface area contributed by atoms with Crippen LogP contribution in [0.25, 0.3) is 12.2 Å². The maximum Gasteiger partial charge on any atom is 0.186 e. The Hall–Kier alpha value is -3.71. The molecule has 0 aliphatic carbocycles. The molecule has 0 aromatic heterocycles. The van der Waals surface area contributed by atoms with E-state index < -0.39 is 5.78 Å². The Bertz CT molecular complexity index is 1020. The fourth-order valence-electron chi connectivity index (χ4n) is 2.52. The molecule has 4 nitrogen and oxygen atoms in total. The lowest BCUT2D eigenvalue weighted by molar-refractivity contribution is -0.111. The molecule has 0 heterocycles. The summed E-state index contributed by atoms with van der Waals surface area (Å²) < 4.78 is 0. The number of ketones is 1. The highest BCUT2D eigenvalue weighted by Gasteiger charge is 2.10. The Morgan fingerprint density at radius 3 is 1.93 bits per heavy atom. The van der Waals surface area contributed by atoms with Crippen molar-refractivity contribution >= 4 is 17.9 Å². The van der Waals surface area contributed by atoms with Crippen LogP contribution in [-0.4, -0.2) is 21.1 Å². The van der Waals surface area contributed by atoms with Crippen molar-refractivity contribution in [1.29, 1.82) is 0 Å². The molecule has 0 radical (unpaired) electrons. The summed E-state index contributed by atoms with van der Waals surface area (Å²) in [5, 5.41) is 29.5. The molecule has 0 spiro atoms. The van der Waals surface area contributed by atoms with Crippen LogP contribution < -0.4 is 0 Å². The Morgan fingerprint density at radius 2 is 1.46 bits per heavy atom. The molecule has 0 unspecified atom stereocenters. The summed E-state index contributed by atoms with van der Waals surface area (Å²) in [5.74, 6) is 2.16. The number of rotatable bonds is 6. The minimum absolute atomic E-state index is 0.0114. The Morgan fingerprint density at radius 1 is 0.964 bits per heavy atom. The molecule has 0 atom stereocenters. The summed E-state index contributed by atoms with van der Waals surface area (Å²) in [5.41, 5.74) is 3.03. The number of phenols is 2. The second-order valence-electron chi connectivity index (χ2n) is 6.37. The van der Waals surface area contributed by atoms with Crippen molar-refractivity contribution in [2.75, 3.05) is 0 Å². The minimum Gasteiger partial charge on any atom is -0.508 e. The molecule has 4 heteroatoms. The van der Waals surface area contributed by atoms with Gasteiger partial charge < -0.3 is 15.3 Å². The molecule has 0 amide bonds. The van der Waals surface area contributed by atoms with Gasteiger partial charge in [-0.05, 0) is 72.5 Å². The minimum atomic E-state index is -0.396. The van der Waals surface area contributed by atoms with E-state index in [9.17, 15) is 20.1 Å². The zero-order valence-corrected chi connectivity index (χ0v) is 15.8. The zero-order chi connectivity index (χ0) is 20.7. The molecule has 2 aromatic carbocycles. The van der Waals surface area contributed by atoms with Crippen molar-refractivity contribution in [1.82, 2.24) is 0 Å². The van der Waals surface area contributed by atoms with Crippen molar-refractivity contribution in [3.05, 3.63) is 82.1 Å². The van der Waals surface area contributed by atoms with Crippen molar-refractivity contribution in [3.8, 4) is 23.8 Å². The first-order chi connectivity index (χ1) is 13.3. The number of phenolic OH excluding ortho intramolecular Hbond substituents is 2. The number of aliphatic hydroxyl groups excluding tert-OH is 1. The van der Waals surface area contributed by atoms with Gasteiger partial charge in [-0.3, -0.25) is 4.79 Å². The van der Waals surface area contributed by atoms with Crippen LogP contribution in [-0.2, 0) is 4.79 Å². The Balaban J connectivity index is 2.25. The number of carbonyl (C=O) groups excluding carboxylic acids is 1. The van der Waals surface area contributed by atoms with E-state index in [1.165, 1.54) is 12.2 Å². The van der Waals surface area contributed by atoms with Crippen LogP contribution in [0.1, 0.15) is 28.7 Å². The van der Waals surface area contributed by atoms with Gasteiger partial charge in [0.1, 0.15) is 17.3 Å². The Labute approximate surface area is 164 Å².